The molecule has 0 saturated heterocycles. The summed E-state index contributed by atoms with van der Waals surface area (Å²) < 4.78 is 25.7. The zero-order valence-corrected chi connectivity index (χ0v) is 13.5. The molecule has 2 aromatic rings. The predicted molar refractivity (Wildman–Crippen MR) is 88.3 cm³/mol. The molecule has 0 heterocycles. The quantitative estimate of drug-likeness (QED) is 0.215. The number of sulfonamides is 1. The summed E-state index contributed by atoms with van der Waals surface area (Å²) in [6.45, 7) is 1.92. The zero-order valence-electron chi connectivity index (χ0n) is 12.7. The highest BCUT2D eigenvalue weighted by molar-refractivity contribution is 7.89. The molecule has 118 valence electrons. The van der Waals surface area contributed by atoms with E-state index in [0.717, 1.165) is 9.98 Å². The lowest BCUT2D eigenvalue weighted by Gasteiger charge is -2.15. The number of nitrogens with zero attached hydrogens (tertiary/aromatic N) is 5. The molecule has 2 aromatic carbocycles. The van der Waals surface area contributed by atoms with Crippen LogP contribution in [0, 0.1) is 6.92 Å². The first-order valence-corrected chi connectivity index (χ1v) is 8.14. The van der Waals surface area contributed by atoms with E-state index in [9.17, 15) is 8.42 Å². The van der Waals surface area contributed by atoms with Gasteiger partial charge in [-0.3, -0.25) is 0 Å². The van der Waals surface area contributed by atoms with Gasteiger partial charge >= 0.3 is 0 Å². The number of hydrogen-bond acceptors (Lipinski definition) is 3. The Bertz CT molecular complexity index is 855. The highest BCUT2D eigenvalue weighted by Gasteiger charge is 2.19. The van der Waals surface area contributed by atoms with Gasteiger partial charge < -0.3 is 0 Å². The van der Waals surface area contributed by atoms with Gasteiger partial charge in [0.25, 0.3) is 10.0 Å². The number of azide groups is 1. The summed E-state index contributed by atoms with van der Waals surface area (Å²) in [6, 6.07) is 15.0. The molecule has 0 amide bonds. The molecule has 0 fully saturated rings. The van der Waals surface area contributed by atoms with Gasteiger partial charge in [-0.15, -0.1) is 0 Å². The van der Waals surface area contributed by atoms with E-state index in [2.05, 4.69) is 15.1 Å². The first kappa shape index (κ1) is 16.5. The maximum atomic E-state index is 12.4. The third-order valence-corrected chi connectivity index (χ3v) is 4.72. The number of rotatable bonds is 4. The largest absolute Gasteiger partial charge is 0.278 e. The van der Waals surface area contributed by atoms with Crippen molar-refractivity contribution < 1.29 is 8.42 Å². The average Bonchev–Trinajstić information content (AvgIpc) is 2.56. The van der Waals surface area contributed by atoms with Crippen molar-refractivity contribution in [2.24, 2.45) is 10.2 Å². The molecular weight excluding hydrogens is 314 g/mol. The van der Waals surface area contributed by atoms with Crippen molar-refractivity contribution in [1.29, 1.82) is 0 Å². The number of hydrogen-bond donors (Lipinski definition) is 0. The van der Waals surface area contributed by atoms with Gasteiger partial charge in [0.15, 0.2) is 5.84 Å². The van der Waals surface area contributed by atoms with Gasteiger partial charge in [0.2, 0.25) is 0 Å². The Morgan fingerprint density at radius 2 is 1.70 bits per heavy atom. The molecule has 2 rings (SSSR count). The first-order chi connectivity index (χ1) is 10.9. The van der Waals surface area contributed by atoms with Crippen LogP contribution in [0.2, 0.25) is 0 Å². The Hall–Kier alpha value is -2.83. The van der Waals surface area contributed by atoms with Crippen LogP contribution < -0.4 is 0 Å². The Labute approximate surface area is 134 Å². The summed E-state index contributed by atoms with van der Waals surface area (Å²) in [5.74, 6) is -0.0190. The van der Waals surface area contributed by atoms with Crippen LogP contribution >= 0.6 is 0 Å². The molecule has 8 heteroatoms. The van der Waals surface area contributed by atoms with Gasteiger partial charge in [0, 0.05) is 17.5 Å². The minimum absolute atomic E-state index is 0.0190. The first-order valence-electron chi connectivity index (χ1n) is 6.70. The second kappa shape index (κ2) is 6.95. The lowest BCUT2D eigenvalue weighted by Crippen LogP contribution is -2.23. The van der Waals surface area contributed by atoms with Crippen molar-refractivity contribution >= 4 is 15.9 Å². The zero-order chi connectivity index (χ0) is 16.9. The number of hydrazone groups is 1. The summed E-state index contributed by atoms with van der Waals surface area (Å²) in [7, 11) is -2.51. The fourth-order valence-corrected chi connectivity index (χ4v) is 2.80. The molecule has 23 heavy (non-hydrogen) atoms. The summed E-state index contributed by atoms with van der Waals surface area (Å²) in [5, 5.41) is 7.45. The standard InChI is InChI=1S/C15H15N5O2S/c1-12-8-10-13(11-9-12)15(17-19-16)18-20(2)23(21,22)14-6-4-3-5-7-14/h3-11H,1-2H3/b18-15-. The van der Waals surface area contributed by atoms with Crippen molar-refractivity contribution in [3.05, 3.63) is 76.2 Å². The fourth-order valence-electron chi connectivity index (χ4n) is 1.81. The van der Waals surface area contributed by atoms with Crippen molar-refractivity contribution in [2.75, 3.05) is 7.05 Å². The molecule has 0 N–H and O–H groups in total. The highest BCUT2D eigenvalue weighted by atomic mass is 32.2. The van der Waals surface area contributed by atoms with Crippen molar-refractivity contribution in [1.82, 2.24) is 4.41 Å². The Balaban J connectivity index is 2.43. The van der Waals surface area contributed by atoms with Gasteiger partial charge in [0.1, 0.15) is 0 Å². The third-order valence-electron chi connectivity index (χ3n) is 3.07. The molecule has 0 atom stereocenters. The molecular formula is C15H15N5O2S. The van der Waals surface area contributed by atoms with Crippen LogP contribution in [0.1, 0.15) is 11.1 Å². The minimum atomic E-state index is -3.81. The maximum absolute atomic E-state index is 12.4. The van der Waals surface area contributed by atoms with Crippen LogP contribution in [0.3, 0.4) is 0 Å². The van der Waals surface area contributed by atoms with Gasteiger partial charge in [-0.2, -0.15) is 17.9 Å². The van der Waals surface area contributed by atoms with Crippen LogP contribution in [0.4, 0.5) is 0 Å². The second-order valence-electron chi connectivity index (χ2n) is 4.73. The van der Waals surface area contributed by atoms with Crippen molar-refractivity contribution in [2.45, 2.75) is 11.8 Å². The van der Waals surface area contributed by atoms with E-state index in [0.29, 0.717) is 5.56 Å². The van der Waals surface area contributed by atoms with E-state index >= 15 is 0 Å². The molecule has 7 nitrogen and oxygen atoms in total. The van der Waals surface area contributed by atoms with Gasteiger partial charge in [-0.1, -0.05) is 48.0 Å². The van der Waals surface area contributed by atoms with E-state index in [1.54, 1.807) is 30.3 Å². The topological polar surface area (TPSA) is 98.5 Å². The Kier molecular flexibility index (Phi) is 5.00. The Morgan fingerprint density at radius 1 is 1.09 bits per heavy atom. The highest BCUT2D eigenvalue weighted by Crippen LogP contribution is 2.15. The van der Waals surface area contributed by atoms with Crippen LogP contribution in [0.5, 0.6) is 0 Å². The number of aryl methyl sites for hydroxylation is 1. The van der Waals surface area contributed by atoms with Gasteiger partial charge in [-0.05, 0) is 29.7 Å². The van der Waals surface area contributed by atoms with E-state index < -0.39 is 10.0 Å². The van der Waals surface area contributed by atoms with Gasteiger partial charge in [0.05, 0.1) is 4.90 Å². The summed E-state index contributed by atoms with van der Waals surface area (Å²) in [4.78, 5) is 2.82. The molecule has 0 spiro atoms. The van der Waals surface area contributed by atoms with Crippen LogP contribution in [-0.4, -0.2) is 25.7 Å². The second-order valence-corrected chi connectivity index (χ2v) is 6.68. The monoisotopic (exact) mass is 329 g/mol. The molecule has 0 aromatic heterocycles. The molecule has 0 unspecified atom stereocenters. The number of benzene rings is 2. The molecule has 0 aliphatic heterocycles. The molecule has 0 bridgehead atoms. The molecule has 0 radical (unpaired) electrons. The summed E-state index contributed by atoms with van der Waals surface area (Å²) in [6.07, 6.45) is 0. The molecule has 0 aliphatic rings. The van der Waals surface area contributed by atoms with Crippen molar-refractivity contribution in [3.8, 4) is 0 Å². The molecule has 0 aliphatic carbocycles. The van der Waals surface area contributed by atoms with E-state index in [4.69, 9.17) is 5.53 Å². The smallest absolute Gasteiger partial charge is 0.200 e. The lowest BCUT2D eigenvalue weighted by molar-refractivity contribution is 0.489. The van der Waals surface area contributed by atoms with Gasteiger partial charge in [-0.25, -0.2) is 0 Å². The summed E-state index contributed by atoms with van der Waals surface area (Å²) >= 11 is 0. The van der Waals surface area contributed by atoms with E-state index in [-0.39, 0.29) is 10.7 Å². The van der Waals surface area contributed by atoms with E-state index in [1.807, 2.05) is 19.1 Å². The summed E-state index contributed by atoms with van der Waals surface area (Å²) in [5.41, 5.74) is 10.3. The predicted octanol–water partition coefficient (Wildman–Crippen LogP) is 3.29. The Morgan fingerprint density at radius 3 is 2.26 bits per heavy atom. The third kappa shape index (κ3) is 3.88. The number of amidine groups is 1. The minimum Gasteiger partial charge on any atom is -0.200 e. The normalized spacial score (nSPS) is 11.7. The van der Waals surface area contributed by atoms with E-state index in [1.165, 1.54) is 19.2 Å². The lowest BCUT2D eigenvalue weighted by atomic mass is 10.1. The SMILES string of the molecule is Cc1ccc(/C(N=[N+]=[N-])=N/N(C)S(=O)(=O)c2ccccc2)cc1. The van der Waals surface area contributed by atoms with Crippen LogP contribution in [0.25, 0.3) is 10.4 Å². The van der Waals surface area contributed by atoms with Crippen LogP contribution in [0.15, 0.2) is 69.7 Å². The average molecular weight is 329 g/mol. The molecule has 0 saturated carbocycles. The van der Waals surface area contributed by atoms with Crippen LogP contribution in [-0.2, 0) is 10.0 Å². The fraction of sp³-hybridized carbons (Fsp3) is 0.133. The maximum Gasteiger partial charge on any atom is 0.278 e. The van der Waals surface area contributed by atoms with Crippen molar-refractivity contribution in [3.63, 3.8) is 0 Å².